The number of imidazole rings is 1. The lowest BCUT2D eigenvalue weighted by molar-refractivity contribution is -0.144. The number of aromatic hydroxyl groups is 1. The molecule has 0 aliphatic carbocycles. The van der Waals surface area contributed by atoms with Crippen molar-refractivity contribution in [3.8, 4) is 5.75 Å². The fraction of sp³-hybridized carbons (Fsp3) is 0.585. The zero-order chi connectivity index (χ0) is 63.2. The summed E-state index contributed by atoms with van der Waals surface area (Å²) in [7, 11) is 0. The molecule has 32 heteroatoms. The number of aromatic nitrogens is 2. The van der Waals surface area contributed by atoms with Gasteiger partial charge in [-0.05, 0) is 74.5 Å². The van der Waals surface area contributed by atoms with E-state index in [0.717, 1.165) is 0 Å². The van der Waals surface area contributed by atoms with Gasteiger partial charge in [-0.3, -0.25) is 57.7 Å². The molecule has 21 N–H and O–H groups in total. The van der Waals surface area contributed by atoms with Crippen molar-refractivity contribution in [1.29, 1.82) is 0 Å². The van der Waals surface area contributed by atoms with E-state index < -0.39 is 157 Å². The number of likely N-dealkylation sites (tertiary alicyclic amines) is 2. The number of aromatic amines is 1. The van der Waals surface area contributed by atoms with Gasteiger partial charge in [-0.25, -0.2) is 9.78 Å². The van der Waals surface area contributed by atoms with Crippen LogP contribution < -0.4 is 65.9 Å². The van der Waals surface area contributed by atoms with E-state index in [4.69, 9.17) is 28.7 Å². The number of rotatable bonds is 33. The van der Waals surface area contributed by atoms with Gasteiger partial charge < -0.3 is 96.0 Å². The van der Waals surface area contributed by atoms with Crippen molar-refractivity contribution in [1.82, 2.24) is 57.0 Å². The molecule has 10 atom stereocenters. The molecule has 85 heavy (non-hydrogen) atoms. The molecule has 0 unspecified atom stereocenters. The highest BCUT2D eigenvalue weighted by Gasteiger charge is 2.43. The number of carbonyl (C=O) groups excluding carboxylic acids is 11. The molecule has 4 rings (SSSR count). The summed E-state index contributed by atoms with van der Waals surface area (Å²) in [6.45, 7) is 6.14. The zero-order valence-electron chi connectivity index (χ0n) is 47.9. The van der Waals surface area contributed by atoms with Crippen LogP contribution in [0.25, 0.3) is 0 Å². The number of phenols is 1. The third-order valence-corrected chi connectivity index (χ3v) is 14.0. The smallest absolute Gasteiger partial charge is 0.326 e. The number of hydrogen-bond donors (Lipinski definition) is 16. The normalized spacial score (nSPS) is 17.6. The van der Waals surface area contributed by atoms with E-state index >= 15 is 0 Å². The number of phenolic OH excluding ortho intramolecular Hbond substituents is 1. The average molecular weight is 1200 g/mol. The average Bonchev–Trinajstić information content (AvgIpc) is 3.63. The van der Waals surface area contributed by atoms with Crippen molar-refractivity contribution in [2.24, 2.45) is 45.5 Å². The van der Waals surface area contributed by atoms with Crippen LogP contribution in [0.15, 0.2) is 41.8 Å². The first-order chi connectivity index (χ1) is 40.1. The molecule has 1 aromatic heterocycles. The van der Waals surface area contributed by atoms with E-state index in [0.29, 0.717) is 17.7 Å². The van der Waals surface area contributed by atoms with Gasteiger partial charge in [0.25, 0.3) is 0 Å². The Morgan fingerprint density at radius 1 is 0.659 bits per heavy atom. The van der Waals surface area contributed by atoms with E-state index in [2.05, 4.69) is 52.2 Å². The Balaban J connectivity index is 1.57. The number of carboxylic acid groups (broad SMARTS) is 1. The molecule has 468 valence electrons. The van der Waals surface area contributed by atoms with Gasteiger partial charge in [0.1, 0.15) is 66.2 Å². The number of benzene rings is 1. The van der Waals surface area contributed by atoms with Crippen LogP contribution in [0.2, 0.25) is 0 Å². The Morgan fingerprint density at radius 2 is 1.14 bits per heavy atom. The highest BCUT2D eigenvalue weighted by atomic mass is 16.4. The predicted molar refractivity (Wildman–Crippen MR) is 302 cm³/mol. The molecule has 3 heterocycles. The van der Waals surface area contributed by atoms with Gasteiger partial charge in [0, 0.05) is 44.4 Å². The number of nitrogens with two attached hydrogens (primary N) is 5. The van der Waals surface area contributed by atoms with Gasteiger partial charge in [-0.2, -0.15) is 0 Å². The molecule has 2 aliphatic heterocycles. The number of carbonyl (C=O) groups is 12. The maximum absolute atomic E-state index is 14.6. The molecule has 2 saturated heterocycles. The van der Waals surface area contributed by atoms with Gasteiger partial charge in [-0.15, -0.1) is 0 Å². The number of hydrogen-bond acceptors (Lipinski definition) is 17. The van der Waals surface area contributed by atoms with Crippen molar-refractivity contribution in [3.05, 3.63) is 48.0 Å². The summed E-state index contributed by atoms with van der Waals surface area (Å²) in [5, 5.41) is 46.8. The zero-order valence-corrected chi connectivity index (χ0v) is 47.9. The van der Waals surface area contributed by atoms with Crippen LogP contribution >= 0.6 is 0 Å². The van der Waals surface area contributed by atoms with E-state index in [9.17, 15) is 72.9 Å². The molecular formula is C53H81N17O15. The Kier molecular flexibility index (Phi) is 26.4. The van der Waals surface area contributed by atoms with Gasteiger partial charge in [0.05, 0.1) is 25.8 Å². The van der Waals surface area contributed by atoms with Crippen molar-refractivity contribution in [3.63, 3.8) is 0 Å². The van der Waals surface area contributed by atoms with E-state index in [1.165, 1.54) is 46.6 Å². The molecule has 0 saturated carbocycles. The van der Waals surface area contributed by atoms with Crippen molar-refractivity contribution in [2.75, 3.05) is 26.2 Å². The first-order valence-electron chi connectivity index (χ1n) is 27.8. The van der Waals surface area contributed by atoms with Gasteiger partial charge in [0.2, 0.25) is 65.0 Å². The number of aliphatic imine (C=N–C) groups is 1. The fourth-order valence-electron chi connectivity index (χ4n) is 9.66. The lowest BCUT2D eigenvalue weighted by atomic mass is 10.0. The highest BCUT2D eigenvalue weighted by molar-refractivity contribution is 6.00. The lowest BCUT2D eigenvalue weighted by Crippen LogP contribution is -2.61. The van der Waals surface area contributed by atoms with Crippen LogP contribution in [0.5, 0.6) is 5.75 Å². The third-order valence-electron chi connectivity index (χ3n) is 14.0. The van der Waals surface area contributed by atoms with Crippen molar-refractivity contribution in [2.45, 2.75) is 159 Å². The summed E-state index contributed by atoms with van der Waals surface area (Å²) < 4.78 is 0. The van der Waals surface area contributed by atoms with E-state index in [1.54, 1.807) is 27.7 Å². The molecule has 0 bridgehead atoms. The summed E-state index contributed by atoms with van der Waals surface area (Å²) in [6, 6.07) is -9.00. The minimum atomic E-state index is -1.80. The van der Waals surface area contributed by atoms with Gasteiger partial charge in [0.15, 0.2) is 5.96 Å². The fourth-order valence-corrected chi connectivity index (χ4v) is 9.66. The van der Waals surface area contributed by atoms with E-state index in [-0.39, 0.29) is 88.6 Å². The topological polar surface area (TPSA) is 527 Å². The van der Waals surface area contributed by atoms with Crippen molar-refractivity contribution < 1.29 is 72.9 Å². The summed E-state index contributed by atoms with van der Waals surface area (Å²) in [6.07, 6.45) is 1.56. The molecule has 2 aliphatic rings. The number of nitrogens with zero attached hydrogens (tertiary/aromatic N) is 4. The Labute approximate surface area is 489 Å². The second kappa shape index (κ2) is 32.8. The maximum atomic E-state index is 14.6. The monoisotopic (exact) mass is 1200 g/mol. The number of nitrogens with one attached hydrogen (secondary N) is 8. The molecule has 0 radical (unpaired) electrons. The number of aliphatic hydroxyl groups is 1. The van der Waals surface area contributed by atoms with E-state index in [1.807, 2.05) is 0 Å². The second-order valence-corrected chi connectivity index (χ2v) is 21.7. The molecule has 2 aromatic rings. The molecule has 11 amide bonds. The Hall–Kier alpha value is -8.94. The number of aliphatic hydroxyl groups excluding tert-OH is 1. The predicted octanol–water partition coefficient (Wildman–Crippen LogP) is -5.81. The Bertz CT molecular complexity index is 2720. The largest absolute Gasteiger partial charge is 0.508 e. The van der Waals surface area contributed by atoms with Crippen LogP contribution in [-0.2, 0) is 70.4 Å². The first-order valence-corrected chi connectivity index (χ1v) is 27.8. The number of amides is 11. The van der Waals surface area contributed by atoms with Crippen LogP contribution in [-0.4, -0.2) is 199 Å². The third kappa shape index (κ3) is 21.3. The minimum absolute atomic E-state index is 0.0152. The van der Waals surface area contributed by atoms with Gasteiger partial charge >= 0.3 is 5.97 Å². The number of carboxylic acids is 1. The minimum Gasteiger partial charge on any atom is -0.508 e. The number of guanidine groups is 1. The molecule has 1 aromatic carbocycles. The summed E-state index contributed by atoms with van der Waals surface area (Å²) in [5.74, 6) is -12.9. The number of H-pyrrole nitrogens is 1. The van der Waals surface area contributed by atoms with Crippen molar-refractivity contribution >= 4 is 76.9 Å². The van der Waals surface area contributed by atoms with Crippen LogP contribution in [0.1, 0.15) is 96.7 Å². The van der Waals surface area contributed by atoms with Crippen LogP contribution in [0, 0.1) is 11.8 Å². The first kappa shape index (κ1) is 68.6. The molecule has 2 fully saturated rings. The Morgan fingerprint density at radius 3 is 1.64 bits per heavy atom. The maximum Gasteiger partial charge on any atom is 0.326 e. The second-order valence-electron chi connectivity index (χ2n) is 21.7. The molecule has 32 nitrogen and oxygen atoms in total. The summed E-state index contributed by atoms with van der Waals surface area (Å²) in [4.78, 5) is 176. The highest BCUT2D eigenvalue weighted by Crippen LogP contribution is 2.23. The number of aliphatic carboxylic acids is 1. The molecular weight excluding hydrogens is 1110 g/mol. The lowest BCUT2D eigenvalue weighted by Gasteiger charge is -2.32. The van der Waals surface area contributed by atoms with Crippen LogP contribution in [0.3, 0.4) is 0 Å². The summed E-state index contributed by atoms with van der Waals surface area (Å²) in [5.41, 5.74) is 28.6. The van der Waals surface area contributed by atoms with Crippen LogP contribution in [0.4, 0.5) is 0 Å². The van der Waals surface area contributed by atoms with Gasteiger partial charge in [-0.1, -0.05) is 39.8 Å². The SMILES string of the molecule is CC(C)C[C@H](NC(=O)[C@H](CC(N)=O)NC(=O)[C@H](Cc1ccc(O)cc1)NC(=O)[C@H](CC(N)=O)NC(=O)[C@@H]1CCCN1C(=O)[C@@H](NC(=O)[C@H](CCCN=C(N)N)NC(=O)[C@H](Cc1cnc[nH]1)NC(=O)[C@@H]1CCCN1C(=O)[C@@H](N)CO)C(C)C)C(=O)O. The summed E-state index contributed by atoms with van der Waals surface area (Å²) >= 11 is 0. The molecule has 0 spiro atoms. The number of primary amides is 2. The quantitative estimate of drug-likeness (QED) is 0.0180. The standard InChI is InChI=1S/C53H81N17O15/c1-26(2)18-37(52(84)85)67-47(79)35(21-40(55)73)64-44(76)33(19-28-11-13-30(72)14-12-28)63-46(78)36(22-41(56)74)66-49(81)39-10-7-17-70(39)51(83)42(27(3)4)68-43(75)32(8-5-15-60-53(57)58)62-45(77)34(20-29-23-59-25-61-29)65-48(80)38-9-6-16-69(38)50(82)31(54)24-71/h11-14,23,25-27,31-39,42,71-72H,5-10,15-22,24,54H2,1-4H3,(H2,55,73)(H2,56,74)(H,59,61)(H,62,77)(H,63,78)(H,64,76)(H,65,80)(H,66,81)(H,67,79)(H,68,75)(H,84,85)(H4,57,58,60)/t31-,32-,33-,34-,35-,36-,37-,38-,39-,42-/m0/s1.